The van der Waals surface area contributed by atoms with Crippen molar-refractivity contribution in [1.82, 2.24) is 0 Å². The van der Waals surface area contributed by atoms with Crippen LogP contribution in [-0.4, -0.2) is 37.0 Å². The molecule has 0 aromatic heterocycles. The number of methoxy groups -OCH3 is 2. The molecule has 1 atom stereocenters. The summed E-state index contributed by atoms with van der Waals surface area (Å²) in [4.78, 5) is 12.2. The first-order valence-electron chi connectivity index (χ1n) is 6.02. The number of aryl methyl sites for hydroxylation is 1. The van der Waals surface area contributed by atoms with Crippen LogP contribution in [-0.2, 0) is 9.47 Å². The van der Waals surface area contributed by atoms with Crippen LogP contribution < -0.4 is 4.74 Å². The molecule has 0 saturated heterocycles. The highest BCUT2D eigenvalue weighted by atomic mass is 16.7. The quantitative estimate of drug-likeness (QED) is 0.848. The summed E-state index contributed by atoms with van der Waals surface area (Å²) in [5, 5.41) is 9.67. The van der Waals surface area contributed by atoms with Gasteiger partial charge in [0.2, 0.25) is 0 Å². The summed E-state index contributed by atoms with van der Waals surface area (Å²) in [6.07, 6.45) is -0.506. The van der Waals surface area contributed by atoms with Gasteiger partial charge < -0.3 is 19.3 Å². The molecule has 1 aromatic rings. The van der Waals surface area contributed by atoms with Crippen molar-refractivity contribution in [2.45, 2.75) is 32.2 Å². The fourth-order valence-corrected chi connectivity index (χ4v) is 2.40. The highest BCUT2D eigenvalue weighted by molar-refractivity contribution is 6.00. The summed E-state index contributed by atoms with van der Waals surface area (Å²) < 4.78 is 16.3. The van der Waals surface area contributed by atoms with Crippen molar-refractivity contribution in [3.8, 4) is 11.5 Å². The number of hydrogen-bond acceptors (Lipinski definition) is 5. The minimum atomic E-state index is -0.878. The third-order valence-electron chi connectivity index (χ3n) is 3.38. The van der Waals surface area contributed by atoms with Crippen molar-refractivity contribution in [1.29, 1.82) is 0 Å². The monoisotopic (exact) mass is 266 g/mol. The highest BCUT2D eigenvalue weighted by Crippen LogP contribution is 2.38. The predicted octanol–water partition coefficient (Wildman–Crippen LogP) is 2.04. The zero-order valence-corrected chi connectivity index (χ0v) is 11.5. The van der Waals surface area contributed by atoms with E-state index in [0.717, 1.165) is 0 Å². The summed E-state index contributed by atoms with van der Waals surface area (Å²) >= 11 is 0. The first-order chi connectivity index (χ1) is 8.91. The van der Waals surface area contributed by atoms with Crippen molar-refractivity contribution in [2.75, 3.05) is 14.2 Å². The van der Waals surface area contributed by atoms with Gasteiger partial charge in [-0.15, -0.1) is 0 Å². The largest absolute Gasteiger partial charge is 0.508 e. The summed E-state index contributed by atoms with van der Waals surface area (Å²) in [6, 6.07) is 3.10. The second kappa shape index (κ2) is 4.83. The van der Waals surface area contributed by atoms with Gasteiger partial charge in [-0.3, -0.25) is 4.79 Å². The standard InChI is InChI=1S/C14H18O5/c1-8-5-12-9(6-10(8)15)11(16)7-14(2,19-12)13(17-3)18-4/h5-6,13,15H,7H2,1-4H3. The topological polar surface area (TPSA) is 65.0 Å². The summed E-state index contributed by atoms with van der Waals surface area (Å²) in [5.41, 5.74) is 0.172. The van der Waals surface area contributed by atoms with Crippen molar-refractivity contribution >= 4 is 5.78 Å². The summed E-state index contributed by atoms with van der Waals surface area (Å²) in [5.74, 6) is 0.445. The number of carbonyl (C=O) groups is 1. The average Bonchev–Trinajstić information content (AvgIpc) is 2.33. The molecule has 5 nitrogen and oxygen atoms in total. The van der Waals surface area contributed by atoms with E-state index in [4.69, 9.17) is 14.2 Å². The smallest absolute Gasteiger partial charge is 0.197 e. The molecule has 1 unspecified atom stereocenters. The normalized spacial score (nSPS) is 22.3. The molecule has 5 heteroatoms. The van der Waals surface area contributed by atoms with E-state index in [9.17, 15) is 9.90 Å². The fourth-order valence-electron chi connectivity index (χ4n) is 2.40. The van der Waals surface area contributed by atoms with Gasteiger partial charge in [-0.05, 0) is 31.5 Å². The van der Waals surface area contributed by atoms with Gasteiger partial charge in [-0.2, -0.15) is 0 Å². The van der Waals surface area contributed by atoms with E-state index >= 15 is 0 Å². The van der Waals surface area contributed by atoms with E-state index in [1.807, 2.05) is 0 Å². The van der Waals surface area contributed by atoms with Crippen molar-refractivity contribution < 1.29 is 24.1 Å². The van der Waals surface area contributed by atoms with Crippen LogP contribution in [0.5, 0.6) is 11.5 Å². The molecule has 1 aromatic carbocycles. The third-order valence-corrected chi connectivity index (χ3v) is 3.38. The van der Waals surface area contributed by atoms with Crippen LogP contribution in [0.1, 0.15) is 29.3 Å². The number of Topliss-reactive ketones (excluding diaryl/α,β-unsaturated/α-hetero) is 1. The number of ether oxygens (including phenoxy) is 3. The number of aromatic hydroxyl groups is 1. The number of hydrogen-bond donors (Lipinski definition) is 1. The van der Waals surface area contributed by atoms with Crippen molar-refractivity contribution in [2.24, 2.45) is 0 Å². The highest BCUT2D eigenvalue weighted by Gasteiger charge is 2.44. The van der Waals surface area contributed by atoms with Gasteiger partial charge in [0.15, 0.2) is 17.7 Å². The Kier molecular flexibility index (Phi) is 3.52. The number of phenolic OH excluding ortho intramolecular Hbond substituents is 1. The Morgan fingerprint density at radius 3 is 2.58 bits per heavy atom. The van der Waals surface area contributed by atoms with Crippen LogP contribution in [0.25, 0.3) is 0 Å². The van der Waals surface area contributed by atoms with Gasteiger partial charge in [0.1, 0.15) is 11.5 Å². The average molecular weight is 266 g/mol. The van der Waals surface area contributed by atoms with Crippen molar-refractivity contribution in [3.63, 3.8) is 0 Å². The Bertz CT molecular complexity index is 507. The number of benzene rings is 1. The summed E-state index contributed by atoms with van der Waals surface area (Å²) in [6.45, 7) is 3.52. The molecule has 104 valence electrons. The molecule has 0 spiro atoms. The molecular weight excluding hydrogens is 248 g/mol. The molecule has 1 aliphatic rings. The molecule has 1 N–H and O–H groups in total. The lowest BCUT2D eigenvalue weighted by atomic mass is 9.90. The van der Waals surface area contributed by atoms with E-state index < -0.39 is 11.9 Å². The third kappa shape index (κ3) is 2.31. The molecule has 0 fully saturated rings. The van der Waals surface area contributed by atoms with Crippen LogP contribution >= 0.6 is 0 Å². The molecule has 1 heterocycles. The zero-order chi connectivity index (χ0) is 14.2. The fraction of sp³-hybridized carbons (Fsp3) is 0.500. The second-order valence-corrected chi connectivity index (χ2v) is 4.95. The minimum Gasteiger partial charge on any atom is -0.508 e. The lowest BCUT2D eigenvalue weighted by Gasteiger charge is -2.39. The lowest BCUT2D eigenvalue weighted by molar-refractivity contribution is -0.197. The number of phenols is 1. The molecular formula is C14H18O5. The maximum Gasteiger partial charge on any atom is 0.197 e. The van der Waals surface area contributed by atoms with Crippen LogP contribution in [0.2, 0.25) is 0 Å². The molecule has 0 amide bonds. The van der Waals surface area contributed by atoms with Gasteiger partial charge in [-0.1, -0.05) is 0 Å². The Balaban J connectivity index is 2.44. The van der Waals surface area contributed by atoms with Gasteiger partial charge in [-0.25, -0.2) is 0 Å². The zero-order valence-electron chi connectivity index (χ0n) is 11.5. The molecule has 0 radical (unpaired) electrons. The van der Waals surface area contributed by atoms with Crippen LogP contribution in [0.3, 0.4) is 0 Å². The van der Waals surface area contributed by atoms with E-state index in [2.05, 4.69) is 0 Å². The summed E-state index contributed by atoms with van der Waals surface area (Å²) in [7, 11) is 3.01. The van der Waals surface area contributed by atoms with Crippen LogP contribution in [0.15, 0.2) is 12.1 Å². The van der Waals surface area contributed by atoms with Gasteiger partial charge in [0, 0.05) is 14.2 Å². The Morgan fingerprint density at radius 2 is 2.00 bits per heavy atom. The van der Waals surface area contributed by atoms with Gasteiger partial charge in [0.25, 0.3) is 0 Å². The van der Waals surface area contributed by atoms with E-state index in [-0.39, 0.29) is 18.0 Å². The number of carbonyl (C=O) groups excluding carboxylic acids is 1. The molecule has 2 rings (SSSR count). The molecule has 0 saturated carbocycles. The van der Waals surface area contributed by atoms with Crippen molar-refractivity contribution in [3.05, 3.63) is 23.3 Å². The van der Waals surface area contributed by atoms with E-state index in [1.54, 1.807) is 19.9 Å². The lowest BCUT2D eigenvalue weighted by Crippen LogP contribution is -2.50. The molecule has 1 aliphatic heterocycles. The first-order valence-corrected chi connectivity index (χ1v) is 6.02. The maximum absolute atomic E-state index is 12.2. The van der Waals surface area contributed by atoms with Crippen LogP contribution in [0, 0.1) is 6.92 Å². The number of fused-ring (bicyclic) bond motifs is 1. The second-order valence-electron chi connectivity index (χ2n) is 4.95. The molecule has 0 aliphatic carbocycles. The molecule has 0 bridgehead atoms. The Labute approximate surface area is 112 Å². The predicted molar refractivity (Wildman–Crippen MR) is 68.6 cm³/mol. The van der Waals surface area contributed by atoms with Gasteiger partial charge >= 0.3 is 0 Å². The van der Waals surface area contributed by atoms with E-state index in [0.29, 0.717) is 16.9 Å². The number of rotatable bonds is 3. The van der Waals surface area contributed by atoms with E-state index in [1.165, 1.54) is 20.3 Å². The SMILES string of the molecule is COC(OC)C1(C)CC(=O)c2cc(O)c(C)cc2O1. The number of ketones is 1. The minimum absolute atomic E-state index is 0.0920. The van der Waals surface area contributed by atoms with Gasteiger partial charge in [0.05, 0.1) is 12.0 Å². The Morgan fingerprint density at radius 1 is 1.37 bits per heavy atom. The Hall–Kier alpha value is -1.59. The first kappa shape index (κ1) is 13.8. The van der Waals surface area contributed by atoms with Crippen LogP contribution in [0.4, 0.5) is 0 Å². The maximum atomic E-state index is 12.2. The molecule has 19 heavy (non-hydrogen) atoms.